The Hall–Kier alpha value is -0.905. The van der Waals surface area contributed by atoms with E-state index in [4.69, 9.17) is 9.31 Å². The molecular formula is C10H13BFNO2. The molecule has 15 heavy (non-hydrogen) atoms. The summed E-state index contributed by atoms with van der Waals surface area (Å²) in [6.45, 7) is 0.723. The first-order valence-electron chi connectivity index (χ1n) is 5.26. The van der Waals surface area contributed by atoms with Crippen LogP contribution in [-0.2, 0) is 15.9 Å². The molecule has 0 saturated carbocycles. The Labute approximate surface area is 87.8 Å². The fourth-order valence-corrected chi connectivity index (χ4v) is 2.63. The molecule has 0 aromatic heterocycles. The summed E-state index contributed by atoms with van der Waals surface area (Å²) in [5, 5.41) is 0. The minimum atomic E-state index is -1.39. The van der Waals surface area contributed by atoms with Crippen LogP contribution in [0.2, 0.25) is 0 Å². The van der Waals surface area contributed by atoms with Crippen molar-refractivity contribution in [1.29, 1.82) is 0 Å². The highest BCUT2D eigenvalue weighted by atomic mass is 19.1. The highest BCUT2D eigenvalue weighted by Gasteiger charge is 2.50. The standard InChI is InChI=1S/C10H13BFNO2/c1-13-4-5-14-11(13)10-3-2-9(12)6-8(10)7-15-11/h2-3,6,13H,4-5,7H2,1H3. The molecule has 2 heterocycles. The second kappa shape index (κ2) is 3.04. The van der Waals surface area contributed by atoms with E-state index < -0.39 is 6.69 Å². The van der Waals surface area contributed by atoms with Crippen molar-refractivity contribution in [2.45, 2.75) is 6.61 Å². The molecule has 3 nitrogen and oxygen atoms in total. The number of hydrogen-bond donors (Lipinski definition) is 1. The Morgan fingerprint density at radius 3 is 3.00 bits per heavy atom. The zero-order valence-electron chi connectivity index (χ0n) is 8.63. The Bertz CT molecular complexity index is 414. The van der Waals surface area contributed by atoms with Gasteiger partial charge in [0.05, 0.1) is 13.2 Å². The van der Waals surface area contributed by atoms with Crippen LogP contribution in [0.25, 0.3) is 0 Å². The molecule has 1 saturated heterocycles. The van der Waals surface area contributed by atoms with Gasteiger partial charge in [-0.3, -0.25) is 0 Å². The van der Waals surface area contributed by atoms with Crippen molar-refractivity contribution in [2.75, 3.05) is 20.2 Å². The number of nitrogens with one attached hydrogen (secondary N) is 1. The van der Waals surface area contributed by atoms with Crippen LogP contribution in [0, 0.1) is 5.82 Å². The molecule has 0 amide bonds. The van der Waals surface area contributed by atoms with Crippen molar-refractivity contribution in [1.82, 2.24) is 0 Å². The van der Waals surface area contributed by atoms with Crippen molar-refractivity contribution in [2.24, 2.45) is 0 Å². The van der Waals surface area contributed by atoms with Crippen molar-refractivity contribution < 1.29 is 18.5 Å². The SMILES string of the molecule is C[NH+]1CCO[B-]12OCc1cc(F)ccc12. The molecule has 0 aliphatic carbocycles. The molecule has 3 rings (SSSR count). The van der Waals surface area contributed by atoms with E-state index in [1.807, 2.05) is 0 Å². The molecule has 2 aliphatic rings. The van der Waals surface area contributed by atoms with Gasteiger partial charge < -0.3 is 14.1 Å². The average Bonchev–Trinajstić information content (AvgIpc) is 2.75. The average molecular weight is 209 g/mol. The van der Waals surface area contributed by atoms with Gasteiger partial charge in [0.15, 0.2) is 0 Å². The lowest BCUT2D eigenvalue weighted by atomic mass is 9.63. The van der Waals surface area contributed by atoms with Crippen molar-refractivity contribution in [3.63, 3.8) is 0 Å². The summed E-state index contributed by atoms with van der Waals surface area (Å²) in [6.07, 6.45) is 0. The van der Waals surface area contributed by atoms with E-state index >= 15 is 0 Å². The smallest absolute Gasteiger partial charge is 0.501 e. The van der Waals surface area contributed by atoms with Gasteiger partial charge in [-0.25, -0.2) is 4.39 Å². The number of hydrogen-bond acceptors (Lipinski definition) is 2. The monoisotopic (exact) mass is 209 g/mol. The zero-order valence-corrected chi connectivity index (χ0v) is 8.63. The molecule has 1 aromatic carbocycles. The van der Waals surface area contributed by atoms with Crippen molar-refractivity contribution >= 4 is 12.1 Å². The number of likely N-dealkylation sites (N-methyl/N-ethyl adjacent to an activating group) is 1. The third-order valence-corrected chi connectivity index (χ3v) is 3.49. The van der Waals surface area contributed by atoms with Gasteiger partial charge in [0.2, 0.25) is 0 Å². The van der Waals surface area contributed by atoms with E-state index in [0.29, 0.717) is 13.2 Å². The van der Waals surface area contributed by atoms with Gasteiger partial charge in [0, 0.05) is 13.7 Å². The van der Waals surface area contributed by atoms with E-state index in [2.05, 4.69) is 7.05 Å². The molecular weight excluding hydrogens is 196 g/mol. The number of halogens is 1. The number of quaternary nitrogens is 1. The maximum Gasteiger partial charge on any atom is 0.501 e. The van der Waals surface area contributed by atoms with Gasteiger partial charge in [0.1, 0.15) is 5.82 Å². The first-order chi connectivity index (χ1) is 7.22. The Morgan fingerprint density at radius 1 is 1.40 bits per heavy atom. The van der Waals surface area contributed by atoms with Gasteiger partial charge in [-0.15, -0.1) is 0 Å². The second-order valence-electron chi connectivity index (χ2n) is 4.33. The molecule has 2 unspecified atom stereocenters. The van der Waals surface area contributed by atoms with Crippen LogP contribution in [0.1, 0.15) is 5.56 Å². The van der Waals surface area contributed by atoms with Gasteiger partial charge in [-0.05, 0) is 17.7 Å². The quantitative estimate of drug-likeness (QED) is 0.556. The van der Waals surface area contributed by atoms with Crippen molar-refractivity contribution in [3.05, 3.63) is 29.6 Å². The lowest BCUT2D eigenvalue weighted by molar-refractivity contribution is -0.773. The number of rotatable bonds is 0. The van der Waals surface area contributed by atoms with Gasteiger partial charge in [-0.1, -0.05) is 11.5 Å². The van der Waals surface area contributed by atoms with Gasteiger partial charge in [0.25, 0.3) is 0 Å². The maximum absolute atomic E-state index is 13.0. The normalized spacial score (nSPS) is 33.6. The van der Waals surface area contributed by atoms with E-state index in [0.717, 1.165) is 17.6 Å². The predicted octanol–water partition coefficient (Wildman–Crippen LogP) is -0.953. The predicted molar refractivity (Wildman–Crippen MR) is 54.3 cm³/mol. The molecule has 5 heteroatoms. The summed E-state index contributed by atoms with van der Waals surface area (Å²) >= 11 is 0. The summed E-state index contributed by atoms with van der Waals surface area (Å²) in [5.41, 5.74) is 1.96. The second-order valence-corrected chi connectivity index (χ2v) is 4.33. The van der Waals surface area contributed by atoms with E-state index in [1.54, 1.807) is 12.1 Å². The first-order valence-corrected chi connectivity index (χ1v) is 5.26. The molecule has 2 atom stereocenters. The van der Waals surface area contributed by atoms with Crippen LogP contribution in [0.5, 0.6) is 0 Å². The summed E-state index contributed by atoms with van der Waals surface area (Å²) in [5.74, 6) is -0.208. The highest BCUT2D eigenvalue weighted by Crippen LogP contribution is 2.18. The van der Waals surface area contributed by atoms with Crippen LogP contribution in [-0.4, -0.2) is 26.9 Å². The topological polar surface area (TPSA) is 22.9 Å². The fourth-order valence-electron chi connectivity index (χ4n) is 2.63. The Morgan fingerprint density at radius 2 is 2.27 bits per heavy atom. The third-order valence-electron chi connectivity index (χ3n) is 3.49. The van der Waals surface area contributed by atoms with Crippen LogP contribution in [0.15, 0.2) is 18.2 Å². The lowest BCUT2D eigenvalue weighted by Crippen LogP contribution is -3.20. The van der Waals surface area contributed by atoms with Crippen LogP contribution in [0.4, 0.5) is 4.39 Å². The summed E-state index contributed by atoms with van der Waals surface area (Å²) in [4.78, 5) is 1.24. The fraction of sp³-hybridized carbons (Fsp3) is 0.400. The molecule has 1 fully saturated rings. The Balaban J connectivity index is 2.11. The minimum absolute atomic E-state index is 0.208. The van der Waals surface area contributed by atoms with Gasteiger partial charge in [-0.2, -0.15) is 0 Å². The molecule has 1 N–H and O–H groups in total. The van der Waals surface area contributed by atoms with E-state index in [1.165, 1.54) is 10.9 Å². The number of fused-ring (bicyclic) bond motifs is 2. The molecule has 80 valence electrons. The number of benzene rings is 1. The lowest BCUT2D eigenvalue weighted by Gasteiger charge is -2.32. The van der Waals surface area contributed by atoms with Crippen LogP contribution in [0.3, 0.4) is 0 Å². The largest absolute Gasteiger partial charge is 0.506 e. The Kier molecular flexibility index (Phi) is 1.89. The highest BCUT2D eigenvalue weighted by molar-refractivity contribution is 6.75. The molecule has 1 spiro atoms. The molecule has 1 aromatic rings. The first kappa shape index (κ1) is 9.33. The van der Waals surface area contributed by atoms with E-state index in [-0.39, 0.29) is 5.82 Å². The summed E-state index contributed by atoms with van der Waals surface area (Å²) < 4.78 is 24.6. The maximum atomic E-state index is 13.0. The molecule has 0 radical (unpaired) electrons. The summed E-state index contributed by atoms with van der Waals surface area (Å²) in [6, 6.07) is 4.82. The van der Waals surface area contributed by atoms with E-state index in [9.17, 15) is 4.39 Å². The summed E-state index contributed by atoms with van der Waals surface area (Å²) in [7, 11) is 2.06. The minimum Gasteiger partial charge on any atom is -0.506 e. The third kappa shape index (κ3) is 1.17. The van der Waals surface area contributed by atoms with Crippen LogP contribution >= 0.6 is 0 Å². The zero-order chi connectivity index (χ0) is 10.5. The van der Waals surface area contributed by atoms with Gasteiger partial charge >= 0.3 is 6.69 Å². The van der Waals surface area contributed by atoms with Crippen molar-refractivity contribution in [3.8, 4) is 0 Å². The van der Waals surface area contributed by atoms with Crippen LogP contribution < -0.4 is 10.3 Å². The molecule has 2 aliphatic heterocycles. The molecule has 0 bridgehead atoms.